The molecule has 0 bridgehead atoms. The van der Waals surface area contributed by atoms with Crippen LogP contribution in [0.3, 0.4) is 0 Å². The highest BCUT2D eigenvalue weighted by Crippen LogP contribution is 2.26. The van der Waals surface area contributed by atoms with Gasteiger partial charge >= 0.3 is 11.9 Å². The summed E-state index contributed by atoms with van der Waals surface area (Å²) in [5.74, 6) is -0.605. The zero-order valence-corrected chi connectivity index (χ0v) is 15.7. The van der Waals surface area contributed by atoms with Gasteiger partial charge < -0.3 is 9.47 Å². The van der Waals surface area contributed by atoms with Crippen LogP contribution in [0.5, 0.6) is 5.75 Å². The number of para-hydroxylation sites is 1. The molecule has 5 heteroatoms. The summed E-state index contributed by atoms with van der Waals surface area (Å²) in [6, 6.07) is 25.1. The molecule has 0 aliphatic rings. The Labute approximate surface area is 167 Å². The summed E-state index contributed by atoms with van der Waals surface area (Å²) in [6.07, 6.45) is 0. The van der Waals surface area contributed by atoms with Gasteiger partial charge in [-0.2, -0.15) is 0 Å². The van der Waals surface area contributed by atoms with Crippen LogP contribution >= 0.6 is 0 Å². The number of aromatic nitrogens is 1. The molecular formula is C24H17NO4. The Morgan fingerprint density at radius 1 is 0.793 bits per heavy atom. The molecule has 0 radical (unpaired) electrons. The first-order valence-corrected chi connectivity index (χ1v) is 9.01. The molecule has 0 spiro atoms. The monoisotopic (exact) mass is 383 g/mol. The minimum Gasteiger partial charge on any atom is -0.465 e. The van der Waals surface area contributed by atoms with Crippen molar-refractivity contribution in [2.24, 2.45) is 0 Å². The average molecular weight is 383 g/mol. The lowest BCUT2D eigenvalue weighted by Gasteiger charge is -2.10. The van der Waals surface area contributed by atoms with Gasteiger partial charge in [-0.3, -0.25) is 0 Å². The quantitative estimate of drug-likeness (QED) is 0.370. The van der Waals surface area contributed by atoms with Crippen molar-refractivity contribution in [3.05, 3.63) is 96.1 Å². The molecule has 0 saturated heterocycles. The van der Waals surface area contributed by atoms with Gasteiger partial charge in [-0.25, -0.2) is 14.6 Å². The van der Waals surface area contributed by atoms with Crippen molar-refractivity contribution in [2.75, 3.05) is 7.11 Å². The third-order valence-electron chi connectivity index (χ3n) is 4.49. The lowest BCUT2D eigenvalue weighted by Crippen LogP contribution is -2.10. The molecular weight excluding hydrogens is 366 g/mol. The van der Waals surface area contributed by atoms with Crippen molar-refractivity contribution in [1.82, 2.24) is 4.98 Å². The summed E-state index contributed by atoms with van der Waals surface area (Å²) in [5.41, 5.74) is 3.12. The predicted molar refractivity (Wildman–Crippen MR) is 110 cm³/mol. The van der Waals surface area contributed by atoms with E-state index >= 15 is 0 Å². The van der Waals surface area contributed by atoms with Crippen LogP contribution in [-0.4, -0.2) is 24.0 Å². The highest BCUT2D eigenvalue weighted by Gasteiger charge is 2.16. The second kappa shape index (κ2) is 7.94. The molecule has 1 aromatic heterocycles. The lowest BCUT2D eigenvalue weighted by atomic mass is 10.0. The minimum atomic E-state index is -0.494. The van der Waals surface area contributed by atoms with Crippen molar-refractivity contribution in [3.63, 3.8) is 0 Å². The number of carbonyl (C=O) groups is 2. The number of esters is 2. The van der Waals surface area contributed by atoms with Gasteiger partial charge in [0.1, 0.15) is 5.75 Å². The lowest BCUT2D eigenvalue weighted by molar-refractivity contribution is 0.0600. The number of ether oxygens (including phenoxy) is 2. The van der Waals surface area contributed by atoms with Gasteiger partial charge in [0.15, 0.2) is 0 Å². The first-order valence-electron chi connectivity index (χ1n) is 9.01. The third kappa shape index (κ3) is 3.84. The number of fused-ring (bicyclic) bond motifs is 1. The Morgan fingerprint density at radius 3 is 2.21 bits per heavy atom. The Hall–Kier alpha value is -3.99. The summed E-state index contributed by atoms with van der Waals surface area (Å²) in [7, 11) is 1.31. The number of pyridine rings is 1. The molecule has 4 rings (SSSR count). The van der Waals surface area contributed by atoms with E-state index < -0.39 is 11.9 Å². The van der Waals surface area contributed by atoms with Gasteiger partial charge in [0.2, 0.25) is 0 Å². The van der Waals surface area contributed by atoms with Crippen molar-refractivity contribution < 1.29 is 19.1 Å². The van der Waals surface area contributed by atoms with Crippen LogP contribution in [0.25, 0.3) is 22.2 Å². The molecule has 3 aromatic carbocycles. The number of nitrogens with zero attached hydrogens (tertiary/aromatic N) is 1. The van der Waals surface area contributed by atoms with E-state index in [9.17, 15) is 9.59 Å². The average Bonchev–Trinajstić information content (AvgIpc) is 2.78. The summed E-state index contributed by atoms with van der Waals surface area (Å²) >= 11 is 0. The smallest absolute Gasteiger partial charge is 0.344 e. The first kappa shape index (κ1) is 18.4. The van der Waals surface area contributed by atoms with Crippen LogP contribution in [0.15, 0.2) is 84.9 Å². The highest BCUT2D eigenvalue weighted by molar-refractivity contribution is 6.05. The van der Waals surface area contributed by atoms with Crippen LogP contribution in [0.1, 0.15) is 20.7 Å². The van der Waals surface area contributed by atoms with Gasteiger partial charge in [-0.1, -0.05) is 48.5 Å². The van der Waals surface area contributed by atoms with Gasteiger partial charge in [-0.15, -0.1) is 0 Å². The van der Waals surface area contributed by atoms with E-state index in [1.54, 1.807) is 30.3 Å². The second-order valence-electron chi connectivity index (χ2n) is 6.34. The fraction of sp³-hybridized carbons (Fsp3) is 0.0417. The number of hydrogen-bond donors (Lipinski definition) is 0. The van der Waals surface area contributed by atoms with E-state index in [0.717, 1.165) is 5.56 Å². The molecule has 0 unspecified atom stereocenters. The summed E-state index contributed by atoms with van der Waals surface area (Å²) in [6.45, 7) is 0. The molecule has 0 saturated carbocycles. The van der Waals surface area contributed by atoms with E-state index in [2.05, 4.69) is 9.72 Å². The van der Waals surface area contributed by atoms with Crippen LogP contribution < -0.4 is 4.74 Å². The molecule has 0 aliphatic heterocycles. The summed E-state index contributed by atoms with van der Waals surface area (Å²) in [4.78, 5) is 29.2. The number of benzene rings is 3. The van der Waals surface area contributed by atoms with Gasteiger partial charge in [-0.05, 0) is 36.4 Å². The normalized spacial score (nSPS) is 10.5. The summed E-state index contributed by atoms with van der Waals surface area (Å²) < 4.78 is 10.2. The number of carbonyl (C=O) groups excluding carboxylic acids is 2. The van der Waals surface area contributed by atoms with Crippen molar-refractivity contribution >= 4 is 22.8 Å². The Kier molecular flexibility index (Phi) is 5.03. The van der Waals surface area contributed by atoms with Gasteiger partial charge in [0.05, 0.1) is 29.4 Å². The van der Waals surface area contributed by atoms with E-state index in [1.165, 1.54) is 7.11 Å². The maximum atomic E-state index is 12.9. The Bertz CT molecular complexity index is 1180. The standard InChI is InChI=1S/C24H17NO4/c1-28-23(26)17-11-13-18(14-12-17)29-24(27)20-15-22(16-7-3-2-4-8-16)25-21-10-6-5-9-19(20)21/h2-15H,1H3. The molecule has 0 fully saturated rings. The van der Waals surface area contributed by atoms with Crippen LogP contribution in [0.4, 0.5) is 0 Å². The SMILES string of the molecule is COC(=O)c1ccc(OC(=O)c2cc(-c3ccccc3)nc3ccccc23)cc1. The Morgan fingerprint density at radius 2 is 1.48 bits per heavy atom. The van der Waals surface area contributed by atoms with Crippen LogP contribution in [-0.2, 0) is 4.74 Å². The van der Waals surface area contributed by atoms with Crippen LogP contribution in [0, 0.1) is 0 Å². The molecule has 0 N–H and O–H groups in total. The molecule has 1 heterocycles. The zero-order valence-electron chi connectivity index (χ0n) is 15.7. The molecule has 5 nitrogen and oxygen atoms in total. The third-order valence-corrected chi connectivity index (χ3v) is 4.49. The maximum absolute atomic E-state index is 12.9. The van der Waals surface area contributed by atoms with E-state index in [0.29, 0.717) is 33.5 Å². The molecule has 0 amide bonds. The van der Waals surface area contributed by atoms with E-state index in [1.807, 2.05) is 54.6 Å². The van der Waals surface area contributed by atoms with Crippen molar-refractivity contribution in [3.8, 4) is 17.0 Å². The fourth-order valence-corrected chi connectivity index (χ4v) is 3.04. The number of rotatable bonds is 4. The summed E-state index contributed by atoms with van der Waals surface area (Å²) in [5, 5.41) is 0.711. The van der Waals surface area contributed by atoms with Crippen molar-refractivity contribution in [2.45, 2.75) is 0 Å². The molecule has 142 valence electrons. The molecule has 29 heavy (non-hydrogen) atoms. The maximum Gasteiger partial charge on any atom is 0.344 e. The largest absolute Gasteiger partial charge is 0.465 e. The molecule has 4 aromatic rings. The first-order chi connectivity index (χ1) is 14.2. The van der Waals surface area contributed by atoms with E-state index in [-0.39, 0.29) is 0 Å². The highest BCUT2D eigenvalue weighted by atomic mass is 16.5. The molecule has 0 aliphatic carbocycles. The number of methoxy groups -OCH3 is 1. The molecule has 0 atom stereocenters. The fourth-order valence-electron chi connectivity index (χ4n) is 3.04. The topological polar surface area (TPSA) is 65.5 Å². The van der Waals surface area contributed by atoms with Gasteiger partial charge in [0.25, 0.3) is 0 Å². The van der Waals surface area contributed by atoms with Gasteiger partial charge in [0, 0.05) is 10.9 Å². The second-order valence-corrected chi connectivity index (χ2v) is 6.34. The zero-order chi connectivity index (χ0) is 20.2. The van der Waals surface area contributed by atoms with Crippen LogP contribution in [0.2, 0.25) is 0 Å². The minimum absolute atomic E-state index is 0.338. The predicted octanol–water partition coefficient (Wildman–Crippen LogP) is 4.91. The van der Waals surface area contributed by atoms with E-state index in [4.69, 9.17) is 4.74 Å². The van der Waals surface area contributed by atoms with Crippen molar-refractivity contribution in [1.29, 1.82) is 0 Å². The Balaban J connectivity index is 1.70. The number of hydrogen-bond acceptors (Lipinski definition) is 5.